The van der Waals surface area contributed by atoms with Crippen molar-refractivity contribution in [1.82, 2.24) is 4.90 Å². The summed E-state index contributed by atoms with van der Waals surface area (Å²) in [6.07, 6.45) is 5.56. The third-order valence-electron chi connectivity index (χ3n) is 4.51. The van der Waals surface area contributed by atoms with E-state index in [-0.39, 0.29) is 18.2 Å². The summed E-state index contributed by atoms with van der Waals surface area (Å²) >= 11 is 0. The Morgan fingerprint density at radius 3 is 2.70 bits per heavy atom. The molecule has 0 unspecified atom stereocenters. The molecular weight excluding hydrogens is 294 g/mol. The molecule has 0 spiro atoms. The number of fused-ring (bicyclic) bond motifs is 1. The SMILES string of the molecule is COCO[C@H]1C=CCN2CC[C@H](OCc3ccc(OC)cc3)[C@H]12. The van der Waals surface area contributed by atoms with Gasteiger partial charge in [-0.05, 0) is 24.1 Å². The van der Waals surface area contributed by atoms with Gasteiger partial charge in [-0.2, -0.15) is 0 Å². The Hall–Kier alpha value is -1.40. The molecule has 2 heterocycles. The van der Waals surface area contributed by atoms with Crippen LogP contribution in [0.3, 0.4) is 0 Å². The standard InChI is InChI=1S/C18H25NO4/c1-20-13-23-16-4-3-10-19-11-9-17(18(16)19)22-12-14-5-7-15(21-2)8-6-14/h3-8,16-18H,9-13H2,1-2H3/t16-,17-,18-/m0/s1. The predicted octanol–water partition coefficient (Wildman–Crippen LogP) is 2.21. The molecule has 0 N–H and O–H groups in total. The minimum Gasteiger partial charge on any atom is -0.497 e. The van der Waals surface area contributed by atoms with Gasteiger partial charge in [0.15, 0.2) is 0 Å². The topological polar surface area (TPSA) is 40.2 Å². The van der Waals surface area contributed by atoms with E-state index in [9.17, 15) is 0 Å². The Bertz CT molecular complexity index is 516. The van der Waals surface area contributed by atoms with Gasteiger partial charge in [-0.15, -0.1) is 0 Å². The number of rotatable bonds is 7. The summed E-state index contributed by atoms with van der Waals surface area (Å²) in [7, 11) is 3.33. The van der Waals surface area contributed by atoms with Crippen LogP contribution in [0.1, 0.15) is 12.0 Å². The lowest BCUT2D eigenvalue weighted by Crippen LogP contribution is -2.48. The fraction of sp³-hybridized carbons (Fsp3) is 0.556. The zero-order valence-corrected chi connectivity index (χ0v) is 13.8. The lowest BCUT2D eigenvalue weighted by molar-refractivity contribution is -0.101. The highest BCUT2D eigenvalue weighted by Gasteiger charge is 2.41. The molecule has 5 heteroatoms. The molecule has 0 aliphatic carbocycles. The molecule has 3 atom stereocenters. The van der Waals surface area contributed by atoms with E-state index in [1.165, 1.54) is 0 Å². The van der Waals surface area contributed by atoms with Gasteiger partial charge >= 0.3 is 0 Å². The second-order valence-electron chi connectivity index (χ2n) is 5.94. The van der Waals surface area contributed by atoms with Gasteiger partial charge in [0.25, 0.3) is 0 Å². The molecule has 0 radical (unpaired) electrons. The van der Waals surface area contributed by atoms with Crippen LogP contribution in [-0.4, -0.2) is 57.3 Å². The zero-order chi connectivity index (χ0) is 16.1. The van der Waals surface area contributed by atoms with Gasteiger partial charge in [0, 0.05) is 20.2 Å². The average Bonchev–Trinajstić information content (AvgIpc) is 3.02. The minimum absolute atomic E-state index is 0.0343. The lowest BCUT2D eigenvalue weighted by Gasteiger charge is -2.35. The first-order chi connectivity index (χ1) is 11.3. The van der Waals surface area contributed by atoms with E-state index in [2.05, 4.69) is 17.1 Å². The van der Waals surface area contributed by atoms with Crippen LogP contribution in [0.15, 0.2) is 36.4 Å². The Morgan fingerprint density at radius 2 is 1.96 bits per heavy atom. The molecule has 1 aromatic rings. The number of hydrogen-bond donors (Lipinski definition) is 0. The Kier molecular flexibility index (Phi) is 5.67. The highest BCUT2D eigenvalue weighted by atomic mass is 16.7. The van der Waals surface area contributed by atoms with Crippen LogP contribution in [0.25, 0.3) is 0 Å². The van der Waals surface area contributed by atoms with Gasteiger partial charge in [0.1, 0.15) is 12.5 Å². The summed E-state index contributed by atoms with van der Waals surface area (Å²) in [6.45, 7) is 2.94. The quantitative estimate of drug-likeness (QED) is 0.569. The van der Waals surface area contributed by atoms with E-state index in [0.29, 0.717) is 13.4 Å². The first-order valence-electron chi connectivity index (χ1n) is 8.07. The zero-order valence-electron chi connectivity index (χ0n) is 13.8. The van der Waals surface area contributed by atoms with Crippen molar-refractivity contribution in [2.24, 2.45) is 0 Å². The van der Waals surface area contributed by atoms with Crippen molar-refractivity contribution in [3.63, 3.8) is 0 Å². The summed E-state index contributed by atoms with van der Waals surface area (Å²) < 4.78 is 22.3. The van der Waals surface area contributed by atoms with Gasteiger partial charge in [0.05, 0.1) is 32.0 Å². The number of methoxy groups -OCH3 is 2. The maximum absolute atomic E-state index is 6.21. The van der Waals surface area contributed by atoms with Crippen LogP contribution < -0.4 is 4.74 Å². The van der Waals surface area contributed by atoms with Crippen LogP contribution in [0.4, 0.5) is 0 Å². The monoisotopic (exact) mass is 319 g/mol. The highest BCUT2D eigenvalue weighted by molar-refractivity contribution is 5.26. The maximum Gasteiger partial charge on any atom is 0.147 e. The van der Waals surface area contributed by atoms with Crippen molar-refractivity contribution >= 4 is 0 Å². The smallest absolute Gasteiger partial charge is 0.147 e. The lowest BCUT2D eigenvalue weighted by atomic mass is 10.0. The van der Waals surface area contributed by atoms with Crippen molar-refractivity contribution in [3.05, 3.63) is 42.0 Å². The molecule has 3 rings (SSSR count). The summed E-state index contributed by atoms with van der Waals surface area (Å²) in [6, 6.07) is 8.30. The molecule has 1 aromatic carbocycles. The Balaban J connectivity index is 1.59. The van der Waals surface area contributed by atoms with E-state index in [1.54, 1.807) is 14.2 Å². The van der Waals surface area contributed by atoms with E-state index < -0.39 is 0 Å². The van der Waals surface area contributed by atoms with Crippen molar-refractivity contribution in [3.8, 4) is 5.75 Å². The molecule has 1 saturated heterocycles. The first-order valence-corrected chi connectivity index (χ1v) is 8.07. The third-order valence-corrected chi connectivity index (χ3v) is 4.51. The minimum atomic E-state index is 0.0343. The first kappa shape index (κ1) is 16.5. The van der Waals surface area contributed by atoms with E-state index >= 15 is 0 Å². The second kappa shape index (κ2) is 7.93. The van der Waals surface area contributed by atoms with Crippen LogP contribution >= 0.6 is 0 Å². The molecule has 0 saturated carbocycles. The van der Waals surface area contributed by atoms with Gasteiger partial charge in [0.2, 0.25) is 0 Å². The molecule has 0 amide bonds. The summed E-state index contributed by atoms with van der Waals surface area (Å²) in [5.41, 5.74) is 1.16. The van der Waals surface area contributed by atoms with Gasteiger partial charge in [-0.1, -0.05) is 24.3 Å². The fourth-order valence-corrected chi connectivity index (χ4v) is 3.33. The summed E-state index contributed by atoms with van der Waals surface area (Å²) in [5.74, 6) is 0.867. The molecule has 1 fully saturated rings. The molecule has 126 valence electrons. The van der Waals surface area contributed by atoms with Crippen LogP contribution in [0.2, 0.25) is 0 Å². The maximum atomic E-state index is 6.21. The van der Waals surface area contributed by atoms with Gasteiger partial charge in [-0.3, -0.25) is 4.90 Å². The van der Waals surface area contributed by atoms with Gasteiger partial charge in [-0.25, -0.2) is 0 Å². The Morgan fingerprint density at radius 1 is 1.13 bits per heavy atom. The number of ether oxygens (including phenoxy) is 4. The molecule has 5 nitrogen and oxygen atoms in total. The van der Waals surface area contributed by atoms with Gasteiger partial charge < -0.3 is 18.9 Å². The third kappa shape index (κ3) is 3.93. The highest BCUT2D eigenvalue weighted by Crippen LogP contribution is 2.29. The normalized spacial score (nSPS) is 27.1. The van der Waals surface area contributed by atoms with Crippen molar-refractivity contribution in [2.45, 2.75) is 31.3 Å². The average molecular weight is 319 g/mol. The number of nitrogens with zero attached hydrogens (tertiary/aromatic N) is 1. The fourth-order valence-electron chi connectivity index (χ4n) is 3.33. The van der Waals surface area contributed by atoms with Crippen molar-refractivity contribution in [2.75, 3.05) is 34.1 Å². The molecule has 23 heavy (non-hydrogen) atoms. The summed E-state index contributed by atoms with van der Waals surface area (Å²) in [5, 5.41) is 0. The largest absolute Gasteiger partial charge is 0.497 e. The molecule has 2 aliphatic heterocycles. The molecule has 0 aromatic heterocycles. The van der Waals surface area contributed by atoms with E-state index in [4.69, 9.17) is 18.9 Å². The van der Waals surface area contributed by atoms with Crippen molar-refractivity contribution in [1.29, 1.82) is 0 Å². The molecular formula is C18H25NO4. The summed E-state index contributed by atoms with van der Waals surface area (Å²) in [4.78, 5) is 2.43. The number of benzene rings is 1. The molecule has 0 bridgehead atoms. The second-order valence-corrected chi connectivity index (χ2v) is 5.94. The predicted molar refractivity (Wildman–Crippen MR) is 87.4 cm³/mol. The van der Waals surface area contributed by atoms with Crippen LogP contribution in [-0.2, 0) is 20.8 Å². The number of hydrogen-bond acceptors (Lipinski definition) is 5. The Labute approximate surface area is 137 Å². The van der Waals surface area contributed by atoms with E-state index in [1.807, 2.05) is 24.3 Å². The van der Waals surface area contributed by atoms with E-state index in [0.717, 1.165) is 30.8 Å². The molecule has 2 aliphatic rings. The van der Waals surface area contributed by atoms with Crippen LogP contribution in [0, 0.1) is 0 Å². The van der Waals surface area contributed by atoms with Crippen molar-refractivity contribution < 1.29 is 18.9 Å². The van der Waals surface area contributed by atoms with Crippen LogP contribution in [0.5, 0.6) is 5.75 Å².